The lowest BCUT2D eigenvalue weighted by molar-refractivity contribution is -0.136. The number of benzene rings is 1. The molecule has 0 bridgehead atoms. The molecule has 1 rings (SSSR count). The first kappa shape index (κ1) is 9.32. The Morgan fingerprint density at radius 1 is 1.46 bits per heavy atom. The minimum absolute atomic E-state index is 0.734. The van der Waals surface area contributed by atoms with Gasteiger partial charge in [0, 0.05) is 5.69 Å². The zero-order valence-corrected chi connectivity index (χ0v) is 7.10. The van der Waals surface area contributed by atoms with Crippen LogP contribution in [0.2, 0.25) is 0 Å². The van der Waals surface area contributed by atoms with E-state index in [0.717, 1.165) is 5.69 Å². The molecule has 13 heavy (non-hydrogen) atoms. The summed E-state index contributed by atoms with van der Waals surface area (Å²) in [7, 11) is 0. The smallest absolute Gasteiger partial charge is 0.330 e. The molecule has 1 aromatic carbocycles. The fourth-order valence-corrected chi connectivity index (χ4v) is 0.935. The van der Waals surface area contributed by atoms with Crippen molar-refractivity contribution in [2.24, 2.45) is 0 Å². The molecule has 1 atom stereocenters. The number of carboxylic acids is 1. The van der Waals surface area contributed by atoms with Gasteiger partial charge < -0.3 is 10.4 Å². The van der Waals surface area contributed by atoms with Gasteiger partial charge in [-0.2, -0.15) is 0 Å². The molecule has 0 aliphatic rings. The summed E-state index contributed by atoms with van der Waals surface area (Å²) in [6, 6.07) is 8.42. The highest BCUT2D eigenvalue weighted by Crippen LogP contribution is 2.07. The van der Waals surface area contributed by atoms with Gasteiger partial charge in [-0.1, -0.05) is 24.3 Å². The van der Waals surface area contributed by atoms with Crippen LogP contribution in [0.5, 0.6) is 0 Å². The zero-order chi connectivity index (χ0) is 9.68. The Morgan fingerprint density at radius 2 is 2.08 bits per heavy atom. The van der Waals surface area contributed by atoms with Gasteiger partial charge in [-0.05, 0) is 12.1 Å². The summed E-state index contributed by atoms with van der Waals surface area (Å²) in [5, 5.41) is 11.5. The van der Waals surface area contributed by atoms with Gasteiger partial charge in [0.15, 0.2) is 0 Å². The van der Waals surface area contributed by atoms with Crippen LogP contribution in [-0.2, 0) is 4.79 Å². The third-order valence-corrected chi connectivity index (χ3v) is 1.60. The Hall–Kier alpha value is -1.77. The molecule has 0 amide bonds. The van der Waals surface area contributed by atoms with Gasteiger partial charge in [-0.3, -0.25) is 0 Å². The highest BCUT2D eigenvalue weighted by atomic mass is 16.4. The van der Waals surface area contributed by atoms with Crippen LogP contribution < -0.4 is 5.32 Å². The molecule has 0 heterocycles. The first-order valence-electron chi connectivity index (χ1n) is 3.91. The molecule has 0 aliphatic carbocycles. The average molecular weight is 177 g/mol. The van der Waals surface area contributed by atoms with Crippen LogP contribution in [-0.4, -0.2) is 17.1 Å². The molecular formula is C10H11NO2. The predicted octanol–water partition coefficient (Wildman–Crippen LogP) is 1.74. The van der Waals surface area contributed by atoms with Crippen molar-refractivity contribution in [3.05, 3.63) is 43.0 Å². The maximum atomic E-state index is 10.6. The quantitative estimate of drug-likeness (QED) is 0.689. The first-order chi connectivity index (χ1) is 6.24. The lowest BCUT2D eigenvalue weighted by Gasteiger charge is -2.10. The maximum Gasteiger partial charge on any atom is 0.330 e. The van der Waals surface area contributed by atoms with Gasteiger partial charge in [0.25, 0.3) is 0 Å². The fourth-order valence-electron chi connectivity index (χ4n) is 0.935. The van der Waals surface area contributed by atoms with Crippen LogP contribution in [0.25, 0.3) is 0 Å². The Kier molecular flexibility index (Phi) is 3.09. The van der Waals surface area contributed by atoms with E-state index >= 15 is 0 Å². The molecule has 2 N–H and O–H groups in total. The monoisotopic (exact) mass is 177 g/mol. The van der Waals surface area contributed by atoms with Gasteiger partial charge in [0.2, 0.25) is 0 Å². The number of hydrogen-bond donors (Lipinski definition) is 2. The second-order valence-electron chi connectivity index (χ2n) is 2.56. The van der Waals surface area contributed by atoms with Crippen molar-refractivity contribution < 1.29 is 9.90 Å². The van der Waals surface area contributed by atoms with E-state index in [1.807, 2.05) is 18.2 Å². The van der Waals surface area contributed by atoms with Gasteiger partial charge >= 0.3 is 5.97 Å². The molecule has 0 aromatic heterocycles. The molecule has 0 spiro atoms. The van der Waals surface area contributed by atoms with Crippen LogP contribution in [0.1, 0.15) is 0 Å². The van der Waals surface area contributed by atoms with Gasteiger partial charge in [-0.25, -0.2) is 4.79 Å². The van der Waals surface area contributed by atoms with Crippen molar-refractivity contribution in [1.82, 2.24) is 0 Å². The molecule has 68 valence electrons. The summed E-state index contributed by atoms with van der Waals surface area (Å²) in [6.45, 7) is 3.44. The van der Waals surface area contributed by atoms with E-state index in [2.05, 4.69) is 11.9 Å². The molecule has 0 aliphatic heterocycles. The van der Waals surface area contributed by atoms with Crippen molar-refractivity contribution in [2.75, 3.05) is 5.32 Å². The summed E-state index contributed by atoms with van der Waals surface area (Å²) in [5.41, 5.74) is 0.773. The number of rotatable bonds is 4. The summed E-state index contributed by atoms with van der Waals surface area (Å²) in [6.07, 6.45) is 1.36. The van der Waals surface area contributed by atoms with Crippen LogP contribution in [0.3, 0.4) is 0 Å². The van der Waals surface area contributed by atoms with Crippen molar-refractivity contribution in [2.45, 2.75) is 6.04 Å². The minimum Gasteiger partial charge on any atom is -0.479 e. The normalized spacial score (nSPS) is 11.7. The van der Waals surface area contributed by atoms with Crippen molar-refractivity contribution in [1.29, 1.82) is 0 Å². The Balaban J connectivity index is 2.67. The molecule has 0 fully saturated rings. The molecule has 0 saturated carbocycles. The van der Waals surface area contributed by atoms with E-state index in [1.54, 1.807) is 12.1 Å². The number of aliphatic carboxylic acids is 1. The summed E-state index contributed by atoms with van der Waals surface area (Å²) >= 11 is 0. The van der Waals surface area contributed by atoms with E-state index in [-0.39, 0.29) is 0 Å². The third kappa shape index (κ3) is 2.63. The summed E-state index contributed by atoms with van der Waals surface area (Å²) in [5.74, 6) is -0.932. The minimum atomic E-state index is -0.932. The standard InChI is InChI=1S/C10H11NO2/c1-2-9(10(12)13)11-8-6-4-3-5-7-8/h2-7,9,11H,1H2,(H,12,13). The average Bonchev–Trinajstić information content (AvgIpc) is 2.15. The number of para-hydroxylation sites is 1. The molecule has 1 aromatic rings. The maximum absolute atomic E-state index is 10.6. The lowest BCUT2D eigenvalue weighted by Crippen LogP contribution is -2.26. The van der Waals surface area contributed by atoms with Crippen LogP contribution in [0, 0.1) is 0 Å². The predicted molar refractivity (Wildman–Crippen MR) is 51.7 cm³/mol. The zero-order valence-electron chi connectivity index (χ0n) is 7.10. The van der Waals surface area contributed by atoms with Crippen LogP contribution in [0.15, 0.2) is 43.0 Å². The van der Waals surface area contributed by atoms with Crippen LogP contribution >= 0.6 is 0 Å². The van der Waals surface area contributed by atoms with Gasteiger partial charge in [-0.15, -0.1) is 6.58 Å². The SMILES string of the molecule is C=CC(Nc1ccccc1)C(=O)O. The first-order valence-corrected chi connectivity index (χ1v) is 3.91. The highest BCUT2D eigenvalue weighted by Gasteiger charge is 2.11. The fraction of sp³-hybridized carbons (Fsp3) is 0.100. The van der Waals surface area contributed by atoms with Crippen molar-refractivity contribution in [3.8, 4) is 0 Å². The molecule has 0 saturated heterocycles. The number of carbonyl (C=O) groups is 1. The second-order valence-corrected chi connectivity index (χ2v) is 2.56. The molecule has 1 unspecified atom stereocenters. The van der Waals surface area contributed by atoms with E-state index in [4.69, 9.17) is 5.11 Å². The topological polar surface area (TPSA) is 49.3 Å². The number of nitrogens with one attached hydrogen (secondary N) is 1. The lowest BCUT2D eigenvalue weighted by atomic mass is 10.2. The number of carboxylic acid groups (broad SMARTS) is 1. The third-order valence-electron chi connectivity index (χ3n) is 1.60. The number of anilines is 1. The van der Waals surface area contributed by atoms with E-state index in [0.29, 0.717) is 0 Å². The molecule has 3 heteroatoms. The van der Waals surface area contributed by atoms with E-state index in [1.165, 1.54) is 6.08 Å². The van der Waals surface area contributed by atoms with Crippen molar-refractivity contribution >= 4 is 11.7 Å². The molecular weight excluding hydrogens is 166 g/mol. The summed E-state index contributed by atoms with van der Waals surface area (Å²) in [4.78, 5) is 10.6. The van der Waals surface area contributed by atoms with Crippen LogP contribution in [0.4, 0.5) is 5.69 Å². The Bertz CT molecular complexity index is 295. The number of hydrogen-bond acceptors (Lipinski definition) is 2. The molecule has 3 nitrogen and oxygen atoms in total. The summed E-state index contributed by atoms with van der Waals surface area (Å²) < 4.78 is 0. The Labute approximate surface area is 76.7 Å². The van der Waals surface area contributed by atoms with Crippen molar-refractivity contribution in [3.63, 3.8) is 0 Å². The van der Waals surface area contributed by atoms with E-state index < -0.39 is 12.0 Å². The second kappa shape index (κ2) is 4.30. The largest absolute Gasteiger partial charge is 0.479 e. The highest BCUT2D eigenvalue weighted by molar-refractivity contribution is 5.79. The van der Waals surface area contributed by atoms with Gasteiger partial charge in [0.05, 0.1) is 0 Å². The van der Waals surface area contributed by atoms with E-state index in [9.17, 15) is 4.79 Å². The van der Waals surface area contributed by atoms with Gasteiger partial charge in [0.1, 0.15) is 6.04 Å². The Morgan fingerprint density at radius 3 is 2.54 bits per heavy atom. The molecule has 0 radical (unpaired) electrons.